The van der Waals surface area contributed by atoms with E-state index in [9.17, 15) is 0 Å². The minimum Gasteiger partial charge on any atom is -0.384 e. The molecule has 0 radical (unpaired) electrons. The van der Waals surface area contributed by atoms with Crippen molar-refractivity contribution in [1.82, 2.24) is 9.97 Å². The van der Waals surface area contributed by atoms with Crippen LogP contribution in [-0.4, -0.2) is 17.1 Å². The van der Waals surface area contributed by atoms with Crippen molar-refractivity contribution in [3.63, 3.8) is 0 Å². The van der Waals surface area contributed by atoms with Gasteiger partial charge < -0.3 is 10.5 Å². The average molecular weight is 229 g/mol. The molecule has 0 fully saturated rings. The van der Waals surface area contributed by atoms with Gasteiger partial charge in [-0.15, -0.1) is 0 Å². The number of aromatic nitrogens is 2. The van der Waals surface area contributed by atoms with Crippen LogP contribution in [0.3, 0.4) is 0 Å². The molecule has 0 aliphatic heterocycles. The van der Waals surface area contributed by atoms with Gasteiger partial charge in [-0.3, -0.25) is 0 Å². The Morgan fingerprint density at radius 1 is 1.18 bits per heavy atom. The molecule has 88 valence electrons. The van der Waals surface area contributed by atoms with E-state index < -0.39 is 0 Å². The molecule has 1 aromatic carbocycles. The molecule has 0 saturated heterocycles. The van der Waals surface area contributed by atoms with Crippen LogP contribution >= 0.6 is 0 Å². The summed E-state index contributed by atoms with van der Waals surface area (Å²) in [6.45, 7) is 2.01. The summed E-state index contributed by atoms with van der Waals surface area (Å²) in [5, 5.41) is 0. The number of methoxy groups -OCH3 is 1. The zero-order valence-electron chi connectivity index (χ0n) is 9.92. The van der Waals surface area contributed by atoms with E-state index in [0.717, 1.165) is 16.8 Å². The second kappa shape index (κ2) is 4.93. The fourth-order valence-electron chi connectivity index (χ4n) is 1.59. The lowest BCUT2D eigenvalue weighted by Crippen LogP contribution is -1.96. The summed E-state index contributed by atoms with van der Waals surface area (Å²) < 4.78 is 5.26. The largest absolute Gasteiger partial charge is 0.384 e. The third-order valence-electron chi connectivity index (χ3n) is 2.72. The van der Waals surface area contributed by atoms with Crippen LogP contribution in [0.25, 0.3) is 11.3 Å². The third-order valence-corrected chi connectivity index (χ3v) is 2.72. The van der Waals surface area contributed by atoms with Crippen molar-refractivity contribution in [3.8, 4) is 11.3 Å². The molecule has 2 aromatic rings. The number of nitrogen functional groups attached to an aromatic ring is 1. The molecule has 1 atom stereocenters. The molecule has 0 saturated carbocycles. The normalized spacial score (nSPS) is 12.4. The average Bonchev–Trinajstić information content (AvgIpc) is 2.38. The van der Waals surface area contributed by atoms with E-state index >= 15 is 0 Å². The van der Waals surface area contributed by atoms with Gasteiger partial charge in [0, 0.05) is 18.7 Å². The van der Waals surface area contributed by atoms with Gasteiger partial charge in [0.1, 0.15) is 12.1 Å². The van der Waals surface area contributed by atoms with Gasteiger partial charge in [0.05, 0.1) is 11.8 Å². The minimum atomic E-state index is 0.0968. The van der Waals surface area contributed by atoms with Crippen molar-refractivity contribution in [2.75, 3.05) is 12.8 Å². The fourth-order valence-corrected chi connectivity index (χ4v) is 1.59. The Balaban J connectivity index is 2.29. The number of hydrogen-bond acceptors (Lipinski definition) is 4. The lowest BCUT2D eigenvalue weighted by molar-refractivity contribution is 0.119. The van der Waals surface area contributed by atoms with E-state index in [1.54, 1.807) is 13.2 Å². The van der Waals surface area contributed by atoms with Gasteiger partial charge in [-0.05, 0) is 12.5 Å². The highest BCUT2D eigenvalue weighted by Gasteiger charge is 2.05. The summed E-state index contributed by atoms with van der Waals surface area (Å²) in [6, 6.07) is 9.83. The number of hydrogen-bond donors (Lipinski definition) is 1. The van der Waals surface area contributed by atoms with Crippen molar-refractivity contribution >= 4 is 5.82 Å². The van der Waals surface area contributed by atoms with Gasteiger partial charge in [-0.1, -0.05) is 24.3 Å². The Kier molecular flexibility index (Phi) is 3.35. The van der Waals surface area contributed by atoms with Crippen LogP contribution in [-0.2, 0) is 4.74 Å². The van der Waals surface area contributed by atoms with E-state index in [2.05, 4.69) is 9.97 Å². The summed E-state index contributed by atoms with van der Waals surface area (Å²) in [5.41, 5.74) is 8.61. The maximum Gasteiger partial charge on any atom is 0.127 e. The molecule has 4 heteroatoms. The lowest BCUT2D eigenvalue weighted by Gasteiger charge is -2.10. The topological polar surface area (TPSA) is 61.0 Å². The number of ether oxygens (including phenoxy) is 1. The molecule has 0 unspecified atom stereocenters. The molecule has 4 nitrogen and oxygen atoms in total. The molecule has 2 N–H and O–H groups in total. The SMILES string of the molecule is CO[C@H](C)c1ccc(-c2cc(N)ncn2)cc1. The van der Waals surface area contributed by atoms with Gasteiger partial charge in [-0.2, -0.15) is 0 Å². The highest BCUT2D eigenvalue weighted by molar-refractivity contribution is 5.61. The summed E-state index contributed by atoms with van der Waals surface area (Å²) in [7, 11) is 1.70. The zero-order chi connectivity index (χ0) is 12.3. The van der Waals surface area contributed by atoms with Crippen molar-refractivity contribution in [3.05, 3.63) is 42.2 Å². The maximum absolute atomic E-state index is 5.62. The smallest absolute Gasteiger partial charge is 0.127 e. The van der Waals surface area contributed by atoms with Crippen molar-refractivity contribution in [2.24, 2.45) is 0 Å². The lowest BCUT2D eigenvalue weighted by atomic mass is 10.1. The number of rotatable bonds is 3. The van der Waals surface area contributed by atoms with Crippen LogP contribution in [0.1, 0.15) is 18.6 Å². The number of nitrogens with zero attached hydrogens (tertiary/aromatic N) is 2. The first-order valence-corrected chi connectivity index (χ1v) is 5.41. The monoisotopic (exact) mass is 229 g/mol. The molecule has 1 aromatic heterocycles. The Hall–Kier alpha value is -1.94. The van der Waals surface area contributed by atoms with Gasteiger partial charge in [0.15, 0.2) is 0 Å². The van der Waals surface area contributed by atoms with Crippen LogP contribution < -0.4 is 5.73 Å². The first-order chi connectivity index (χ1) is 8.20. The molecule has 0 spiro atoms. The Morgan fingerprint density at radius 3 is 2.47 bits per heavy atom. The third kappa shape index (κ3) is 2.60. The van der Waals surface area contributed by atoms with Gasteiger partial charge >= 0.3 is 0 Å². The Labute approximate surface area is 100 Å². The molecule has 0 amide bonds. The number of anilines is 1. The van der Waals surface area contributed by atoms with E-state index in [0.29, 0.717) is 5.82 Å². The quantitative estimate of drug-likeness (QED) is 0.878. The highest BCUT2D eigenvalue weighted by atomic mass is 16.5. The molecule has 0 aliphatic rings. The highest BCUT2D eigenvalue weighted by Crippen LogP contribution is 2.22. The molecule has 0 bridgehead atoms. The van der Waals surface area contributed by atoms with E-state index in [4.69, 9.17) is 10.5 Å². The van der Waals surface area contributed by atoms with Gasteiger partial charge in [-0.25, -0.2) is 9.97 Å². The van der Waals surface area contributed by atoms with E-state index in [-0.39, 0.29) is 6.10 Å². The van der Waals surface area contributed by atoms with Crippen LogP contribution in [0.15, 0.2) is 36.7 Å². The summed E-state index contributed by atoms with van der Waals surface area (Å²) >= 11 is 0. The number of benzene rings is 1. The van der Waals surface area contributed by atoms with Crippen molar-refractivity contribution in [2.45, 2.75) is 13.0 Å². The van der Waals surface area contributed by atoms with Crippen LogP contribution in [0.4, 0.5) is 5.82 Å². The Bertz CT molecular complexity index is 496. The minimum absolute atomic E-state index is 0.0968. The van der Waals surface area contributed by atoms with Crippen molar-refractivity contribution in [1.29, 1.82) is 0 Å². The van der Waals surface area contributed by atoms with Crippen LogP contribution in [0.2, 0.25) is 0 Å². The first kappa shape index (κ1) is 11.5. The summed E-state index contributed by atoms with van der Waals surface area (Å²) in [6.07, 6.45) is 1.57. The summed E-state index contributed by atoms with van der Waals surface area (Å²) in [5.74, 6) is 0.476. The van der Waals surface area contributed by atoms with Crippen LogP contribution in [0.5, 0.6) is 0 Å². The van der Waals surface area contributed by atoms with Gasteiger partial charge in [0.25, 0.3) is 0 Å². The predicted molar refractivity (Wildman–Crippen MR) is 67.3 cm³/mol. The van der Waals surface area contributed by atoms with Crippen molar-refractivity contribution < 1.29 is 4.74 Å². The maximum atomic E-state index is 5.62. The Morgan fingerprint density at radius 2 is 1.88 bits per heavy atom. The fraction of sp³-hybridized carbons (Fsp3) is 0.231. The molecular weight excluding hydrogens is 214 g/mol. The van der Waals surface area contributed by atoms with E-state index in [1.165, 1.54) is 6.33 Å². The number of nitrogens with two attached hydrogens (primary N) is 1. The second-order valence-corrected chi connectivity index (χ2v) is 3.83. The molecular formula is C13H15N3O. The molecule has 17 heavy (non-hydrogen) atoms. The van der Waals surface area contributed by atoms with Gasteiger partial charge in [0.2, 0.25) is 0 Å². The van der Waals surface area contributed by atoms with Crippen LogP contribution in [0, 0.1) is 0 Å². The first-order valence-electron chi connectivity index (χ1n) is 5.41. The molecule has 1 heterocycles. The zero-order valence-corrected chi connectivity index (χ0v) is 9.92. The van der Waals surface area contributed by atoms with E-state index in [1.807, 2.05) is 31.2 Å². The second-order valence-electron chi connectivity index (χ2n) is 3.83. The molecule has 2 rings (SSSR count). The standard InChI is InChI=1S/C13H15N3O/c1-9(17-2)10-3-5-11(6-4-10)12-7-13(14)16-8-15-12/h3-9H,1-2H3,(H2,14,15,16)/t9-/m1/s1. The summed E-state index contributed by atoms with van der Waals surface area (Å²) in [4.78, 5) is 8.05. The predicted octanol–water partition coefficient (Wildman–Crippen LogP) is 2.43. The molecule has 0 aliphatic carbocycles.